The van der Waals surface area contributed by atoms with Crippen LogP contribution in [0.3, 0.4) is 0 Å². The van der Waals surface area contributed by atoms with Crippen LogP contribution in [0, 0.1) is 16.7 Å². The van der Waals surface area contributed by atoms with Gasteiger partial charge < -0.3 is 5.11 Å². The molecule has 72 valence electrons. The van der Waals surface area contributed by atoms with E-state index in [-0.39, 0.29) is 0 Å². The Balaban J connectivity index is 2.39. The molecule has 2 heteroatoms. The lowest BCUT2D eigenvalue weighted by Crippen LogP contribution is -2.32. The van der Waals surface area contributed by atoms with Gasteiger partial charge in [-0.2, -0.15) is 5.26 Å². The molecule has 0 aliphatic heterocycles. The molecule has 1 aliphatic carbocycles. The highest BCUT2D eigenvalue weighted by Gasteiger charge is 2.41. The Labute approximate surface area is 83.8 Å². The molecule has 1 unspecified atom stereocenters. The number of nitriles is 1. The van der Waals surface area contributed by atoms with Crippen LogP contribution in [0.1, 0.15) is 18.1 Å². The SMILES string of the molecule is CC(O)C1(C#N)Cc2ccccc2C1. The van der Waals surface area contributed by atoms with Crippen molar-refractivity contribution in [3.05, 3.63) is 35.4 Å². The van der Waals surface area contributed by atoms with E-state index >= 15 is 0 Å². The molecule has 1 aromatic rings. The number of aliphatic hydroxyl groups excluding tert-OH is 1. The number of benzene rings is 1. The van der Waals surface area contributed by atoms with Crippen LogP contribution in [0.2, 0.25) is 0 Å². The summed E-state index contributed by atoms with van der Waals surface area (Å²) in [5, 5.41) is 18.8. The lowest BCUT2D eigenvalue weighted by Gasteiger charge is -2.23. The monoisotopic (exact) mass is 187 g/mol. The molecule has 0 saturated carbocycles. The quantitative estimate of drug-likeness (QED) is 0.726. The lowest BCUT2D eigenvalue weighted by atomic mass is 9.81. The number of nitrogens with zero attached hydrogens (tertiary/aromatic N) is 1. The fourth-order valence-electron chi connectivity index (χ4n) is 2.11. The Bertz CT molecular complexity index is 365. The first-order valence-electron chi connectivity index (χ1n) is 4.84. The van der Waals surface area contributed by atoms with E-state index in [1.165, 1.54) is 11.1 Å². The van der Waals surface area contributed by atoms with Crippen molar-refractivity contribution in [2.45, 2.75) is 25.9 Å². The highest BCUT2D eigenvalue weighted by molar-refractivity contribution is 5.37. The van der Waals surface area contributed by atoms with Gasteiger partial charge in [0.25, 0.3) is 0 Å². The third-order valence-electron chi connectivity index (χ3n) is 3.15. The summed E-state index contributed by atoms with van der Waals surface area (Å²) in [4.78, 5) is 0. The van der Waals surface area contributed by atoms with Crippen LogP contribution in [-0.2, 0) is 12.8 Å². The minimum atomic E-state index is -0.594. The van der Waals surface area contributed by atoms with Crippen LogP contribution in [0.5, 0.6) is 0 Å². The second kappa shape index (κ2) is 3.11. The fourth-order valence-corrected chi connectivity index (χ4v) is 2.11. The first-order chi connectivity index (χ1) is 6.68. The summed E-state index contributed by atoms with van der Waals surface area (Å²) >= 11 is 0. The molecule has 2 rings (SSSR count). The second-order valence-corrected chi connectivity index (χ2v) is 4.07. The maximum Gasteiger partial charge on any atom is 0.0909 e. The van der Waals surface area contributed by atoms with Gasteiger partial charge in [-0.05, 0) is 30.9 Å². The topological polar surface area (TPSA) is 44.0 Å². The Hall–Kier alpha value is -1.33. The van der Waals surface area contributed by atoms with Crippen molar-refractivity contribution in [1.82, 2.24) is 0 Å². The summed E-state index contributed by atoms with van der Waals surface area (Å²) in [7, 11) is 0. The van der Waals surface area contributed by atoms with Gasteiger partial charge in [0.2, 0.25) is 0 Å². The summed E-state index contributed by atoms with van der Waals surface area (Å²) < 4.78 is 0. The third-order valence-corrected chi connectivity index (χ3v) is 3.15. The number of rotatable bonds is 1. The van der Waals surface area contributed by atoms with Gasteiger partial charge in [0.05, 0.1) is 17.6 Å². The summed E-state index contributed by atoms with van der Waals surface area (Å²) in [6.45, 7) is 1.70. The predicted molar refractivity (Wildman–Crippen MR) is 53.6 cm³/mol. The molecular formula is C12H13NO. The maximum atomic E-state index is 9.65. The summed E-state index contributed by atoms with van der Waals surface area (Å²) in [6.07, 6.45) is 0.786. The Morgan fingerprint density at radius 2 is 1.86 bits per heavy atom. The van der Waals surface area contributed by atoms with E-state index < -0.39 is 11.5 Å². The Kier molecular flexibility index (Phi) is 2.05. The maximum absolute atomic E-state index is 9.65. The molecule has 0 bridgehead atoms. The molecule has 0 saturated heterocycles. The van der Waals surface area contributed by atoms with Crippen LogP contribution in [0.15, 0.2) is 24.3 Å². The van der Waals surface area contributed by atoms with E-state index in [1.54, 1.807) is 6.92 Å². The van der Waals surface area contributed by atoms with Crippen molar-refractivity contribution in [3.8, 4) is 6.07 Å². The molecule has 0 spiro atoms. The fraction of sp³-hybridized carbons (Fsp3) is 0.417. The molecule has 1 aromatic carbocycles. The van der Waals surface area contributed by atoms with Crippen LogP contribution < -0.4 is 0 Å². The molecule has 2 nitrogen and oxygen atoms in total. The Morgan fingerprint density at radius 3 is 2.21 bits per heavy atom. The van der Waals surface area contributed by atoms with Crippen LogP contribution in [0.4, 0.5) is 0 Å². The van der Waals surface area contributed by atoms with Gasteiger partial charge >= 0.3 is 0 Å². The molecule has 0 radical (unpaired) electrons. The first kappa shape index (κ1) is 9.23. The van der Waals surface area contributed by atoms with E-state index in [0.717, 1.165) is 0 Å². The molecular weight excluding hydrogens is 174 g/mol. The van der Waals surface area contributed by atoms with Crippen molar-refractivity contribution < 1.29 is 5.11 Å². The molecule has 0 heterocycles. The van der Waals surface area contributed by atoms with Gasteiger partial charge in [0.15, 0.2) is 0 Å². The molecule has 0 aromatic heterocycles. The van der Waals surface area contributed by atoms with Gasteiger partial charge in [-0.25, -0.2) is 0 Å². The average molecular weight is 187 g/mol. The van der Waals surface area contributed by atoms with E-state index in [0.29, 0.717) is 12.8 Å². The summed E-state index contributed by atoms with van der Waals surface area (Å²) in [5.41, 5.74) is 1.81. The van der Waals surface area contributed by atoms with Crippen LogP contribution in [0.25, 0.3) is 0 Å². The zero-order valence-corrected chi connectivity index (χ0v) is 8.20. The molecule has 1 atom stereocenters. The van der Waals surface area contributed by atoms with Gasteiger partial charge in [-0.1, -0.05) is 24.3 Å². The minimum absolute atomic E-state index is 0.570. The van der Waals surface area contributed by atoms with Gasteiger partial charge in [-0.3, -0.25) is 0 Å². The molecule has 0 amide bonds. The normalized spacial score (nSPS) is 19.8. The second-order valence-electron chi connectivity index (χ2n) is 4.07. The lowest BCUT2D eigenvalue weighted by molar-refractivity contribution is 0.0867. The average Bonchev–Trinajstić information content (AvgIpc) is 2.57. The minimum Gasteiger partial charge on any atom is -0.392 e. The highest BCUT2D eigenvalue weighted by Crippen LogP contribution is 2.38. The van der Waals surface area contributed by atoms with Gasteiger partial charge in [0.1, 0.15) is 0 Å². The zero-order chi connectivity index (χ0) is 10.2. The van der Waals surface area contributed by atoms with Gasteiger partial charge in [-0.15, -0.1) is 0 Å². The largest absolute Gasteiger partial charge is 0.392 e. The molecule has 0 fully saturated rings. The third kappa shape index (κ3) is 1.21. The molecule has 1 aliphatic rings. The highest BCUT2D eigenvalue weighted by atomic mass is 16.3. The Morgan fingerprint density at radius 1 is 1.36 bits per heavy atom. The molecule has 1 N–H and O–H groups in total. The van der Waals surface area contributed by atoms with Gasteiger partial charge in [0, 0.05) is 0 Å². The van der Waals surface area contributed by atoms with Crippen molar-refractivity contribution in [1.29, 1.82) is 5.26 Å². The van der Waals surface area contributed by atoms with E-state index in [9.17, 15) is 5.11 Å². The van der Waals surface area contributed by atoms with Crippen LogP contribution in [-0.4, -0.2) is 11.2 Å². The summed E-state index contributed by atoms with van der Waals surface area (Å²) in [6, 6.07) is 10.3. The predicted octanol–water partition coefficient (Wildman–Crippen LogP) is 1.68. The number of hydrogen-bond donors (Lipinski definition) is 1. The first-order valence-corrected chi connectivity index (χ1v) is 4.84. The summed E-state index contributed by atoms with van der Waals surface area (Å²) in [5.74, 6) is 0. The number of hydrogen-bond acceptors (Lipinski definition) is 2. The van der Waals surface area contributed by atoms with Crippen molar-refractivity contribution >= 4 is 0 Å². The van der Waals surface area contributed by atoms with E-state index in [1.807, 2.05) is 24.3 Å². The smallest absolute Gasteiger partial charge is 0.0909 e. The zero-order valence-electron chi connectivity index (χ0n) is 8.20. The standard InChI is InChI=1S/C12H13NO/c1-9(14)12(8-13)6-10-4-2-3-5-11(10)7-12/h2-5,9,14H,6-7H2,1H3. The number of aliphatic hydroxyl groups is 1. The van der Waals surface area contributed by atoms with Crippen molar-refractivity contribution in [2.75, 3.05) is 0 Å². The van der Waals surface area contributed by atoms with Crippen LogP contribution >= 0.6 is 0 Å². The van der Waals surface area contributed by atoms with Crippen molar-refractivity contribution in [3.63, 3.8) is 0 Å². The van der Waals surface area contributed by atoms with Crippen molar-refractivity contribution in [2.24, 2.45) is 5.41 Å². The van der Waals surface area contributed by atoms with E-state index in [2.05, 4.69) is 6.07 Å². The molecule has 14 heavy (non-hydrogen) atoms. The number of fused-ring (bicyclic) bond motifs is 1. The van der Waals surface area contributed by atoms with E-state index in [4.69, 9.17) is 5.26 Å².